The third-order valence-electron chi connectivity index (χ3n) is 5.74. The summed E-state index contributed by atoms with van der Waals surface area (Å²) in [6, 6.07) is 18.7. The Bertz CT molecular complexity index is 816. The van der Waals surface area contributed by atoms with Gasteiger partial charge in [0.15, 0.2) is 5.66 Å². The molecule has 25 heavy (non-hydrogen) atoms. The van der Waals surface area contributed by atoms with Crippen molar-refractivity contribution in [2.45, 2.75) is 38.5 Å². The predicted octanol–water partition coefficient (Wildman–Crippen LogP) is 4.39. The number of methoxy groups -OCH3 is 1. The van der Waals surface area contributed by atoms with Crippen molar-refractivity contribution in [3.8, 4) is 0 Å². The van der Waals surface area contributed by atoms with E-state index in [1.165, 1.54) is 11.3 Å². The molecule has 130 valence electrons. The molecule has 0 N–H and O–H groups in total. The van der Waals surface area contributed by atoms with Crippen LogP contribution in [0.15, 0.2) is 66.7 Å². The number of hydrogen-bond donors (Lipinski definition) is 0. The maximum Gasteiger partial charge on any atom is 0.232 e. The van der Waals surface area contributed by atoms with Crippen LogP contribution in [0.5, 0.6) is 0 Å². The van der Waals surface area contributed by atoms with E-state index in [1.807, 2.05) is 29.5 Å². The quantitative estimate of drug-likeness (QED) is 0.826. The van der Waals surface area contributed by atoms with Crippen LogP contribution in [0.2, 0.25) is 0 Å². The van der Waals surface area contributed by atoms with E-state index >= 15 is 0 Å². The SMILES string of the molecule is COC1=CN2c3ccccc3C(C)(C)C2(C)N1OCc1ccccc1. The number of hydroxylamine groups is 2. The molecule has 2 heterocycles. The monoisotopic (exact) mass is 336 g/mol. The third kappa shape index (κ3) is 2.10. The van der Waals surface area contributed by atoms with Gasteiger partial charge in [-0.1, -0.05) is 62.4 Å². The standard InChI is InChI=1S/C21H24N2O2/c1-20(2)17-12-8-9-13-18(17)22-14-19(24-4)23(21(20,22)3)25-15-16-10-6-5-7-11-16/h5-14H,15H2,1-4H3. The number of rotatable bonds is 4. The number of benzene rings is 2. The smallest absolute Gasteiger partial charge is 0.232 e. The third-order valence-corrected chi connectivity index (χ3v) is 5.74. The van der Waals surface area contributed by atoms with Gasteiger partial charge in [0.05, 0.1) is 13.3 Å². The fraction of sp³-hybridized carbons (Fsp3) is 0.333. The molecule has 1 atom stereocenters. The number of nitrogens with zero attached hydrogens (tertiary/aromatic N) is 2. The molecule has 2 aromatic rings. The molecule has 2 aliphatic rings. The Labute approximate surface area is 149 Å². The lowest BCUT2D eigenvalue weighted by Crippen LogP contribution is -2.59. The van der Waals surface area contributed by atoms with Crippen molar-refractivity contribution in [1.29, 1.82) is 0 Å². The summed E-state index contributed by atoms with van der Waals surface area (Å²) in [5.41, 5.74) is 3.12. The molecule has 4 heteroatoms. The van der Waals surface area contributed by atoms with Crippen LogP contribution in [0.25, 0.3) is 0 Å². The molecule has 0 saturated carbocycles. The van der Waals surface area contributed by atoms with Gasteiger partial charge in [-0.3, -0.25) is 4.84 Å². The largest absolute Gasteiger partial charge is 0.480 e. The van der Waals surface area contributed by atoms with Crippen molar-refractivity contribution < 1.29 is 9.57 Å². The highest BCUT2D eigenvalue weighted by molar-refractivity contribution is 5.69. The minimum atomic E-state index is -0.392. The first-order chi connectivity index (χ1) is 12.0. The number of ether oxygens (including phenoxy) is 1. The summed E-state index contributed by atoms with van der Waals surface area (Å²) >= 11 is 0. The maximum atomic E-state index is 6.27. The van der Waals surface area contributed by atoms with E-state index in [2.05, 4.69) is 62.1 Å². The molecule has 2 aliphatic heterocycles. The van der Waals surface area contributed by atoms with E-state index in [0.717, 1.165) is 11.4 Å². The van der Waals surface area contributed by atoms with Gasteiger partial charge in [-0.05, 0) is 24.1 Å². The van der Waals surface area contributed by atoms with Crippen molar-refractivity contribution in [2.24, 2.45) is 0 Å². The Morgan fingerprint density at radius 1 is 0.920 bits per heavy atom. The summed E-state index contributed by atoms with van der Waals surface area (Å²) in [5, 5.41) is 1.93. The summed E-state index contributed by atoms with van der Waals surface area (Å²) < 4.78 is 5.64. The molecule has 0 fully saturated rings. The van der Waals surface area contributed by atoms with Gasteiger partial charge in [0.25, 0.3) is 0 Å². The molecule has 0 bridgehead atoms. The first kappa shape index (κ1) is 16.0. The molecule has 0 aliphatic carbocycles. The van der Waals surface area contributed by atoms with Crippen LogP contribution in [0.4, 0.5) is 5.69 Å². The second-order valence-electron chi connectivity index (χ2n) is 7.26. The van der Waals surface area contributed by atoms with E-state index in [9.17, 15) is 0 Å². The summed E-state index contributed by atoms with van der Waals surface area (Å²) in [6.07, 6.45) is 2.04. The van der Waals surface area contributed by atoms with Gasteiger partial charge in [0.1, 0.15) is 6.61 Å². The van der Waals surface area contributed by atoms with E-state index in [-0.39, 0.29) is 5.41 Å². The fourth-order valence-corrected chi connectivity index (χ4v) is 3.97. The van der Waals surface area contributed by atoms with Crippen LogP contribution in [0, 0.1) is 0 Å². The topological polar surface area (TPSA) is 24.9 Å². The van der Waals surface area contributed by atoms with Gasteiger partial charge < -0.3 is 9.64 Å². The van der Waals surface area contributed by atoms with Crippen LogP contribution >= 0.6 is 0 Å². The summed E-state index contributed by atoms with van der Waals surface area (Å²) in [5.74, 6) is 0.723. The van der Waals surface area contributed by atoms with Crippen LogP contribution in [-0.4, -0.2) is 17.8 Å². The summed E-state index contributed by atoms with van der Waals surface area (Å²) in [6.45, 7) is 7.23. The normalized spacial score (nSPS) is 23.3. The number of hydrogen-bond acceptors (Lipinski definition) is 4. The highest BCUT2D eigenvalue weighted by atomic mass is 16.7. The van der Waals surface area contributed by atoms with Crippen LogP contribution in [0.3, 0.4) is 0 Å². The van der Waals surface area contributed by atoms with Crippen molar-refractivity contribution >= 4 is 5.69 Å². The average molecular weight is 336 g/mol. The minimum Gasteiger partial charge on any atom is -0.480 e. The minimum absolute atomic E-state index is 0.142. The van der Waals surface area contributed by atoms with Gasteiger partial charge >= 0.3 is 0 Å². The van der Waals surface area contributed by atoms with Gasteiger partial charge in [-0.2, -0.15) is 5.06 Å². The maximum absolute atomic E-state index is 6.27. The zero-order valence-electron chi connectivity index (χ0n) is 15.2. The van der Waals surface area contributed by atoms with Crippen LogP contribution in [-0.2, 0) is 21.6 Å². The van der Waals surface area contributed by atoms with E-state index < -0.39 is 5.66 Å². The molecular weight excluding hydrogens is 312 g/mol. The van der Waals surface area contributed by atoms with Crippen molar-refractivity contribution in [2.75, 3.05) is 12.0 Å². The Morgan fingerprint density at radius 2 is 1.60 bits per heavy atom. The second kappa shape index (κ2) is 5.53. The van der Waals surface area contributed by atoms with E-state index in [4.69, 9.17) is 9.57 Å². The molecule has 4 nitrogen and oxygen atoms in total. The second-order valence-corrected chi connectivity index (χ2v) is 7.26. The first-order valence-corrected chi connectivity index (χ1v) is 8.62. The van der Waals surface area contributed by atoms with Gasteiger partial charge in [0, 0.05) is 11.1 Å². The number of anilines is 1. The molecular formula is C21H24N2O2. The molecule has 0 amide bonds. The van der Waals surface area contributed by atoms with Crippen LogP contribution in [0.1, 0.15) is 31.9 Å². The van der Waals surface area contributed by atoms with Crippen molar-refractivity contribution in [1.82, 2.24) is 5.06 Å². The lowest BCUT2D eigenvalue weighted by atomic mass is 9.76. The molecule has 4 rings (SSSR count). The number of fused-ring (bicyclic) bond motifs is 3. The van der Waals surface area contributed by atoms with Crippen LogP contribution < -0.4 is 4.90 Å². The lowest BCUT2D eigenvalue weighted by Gasteiger charge is -2.46. The van der Waals surface area contributed by atoms with Gasteiger partial charge in [0.2, 0.25) is 5.88 Å². The Balaban J connectivity index is 1.72. The zero-order valence-corrected chi connectivity index (χ0v) is 15.2. The summed E-state index contributed by atoms with van der Waals surface area (Å²) in [7, 11) is 1.69. The van der Waals surface area contributed by atoms with Gasteiger partial charge in [-0.15, -0.1) is 0 Å². The zero-order chi connectivity index (χ0) is 17.7. The van der Waals surface area contributed by atoms with Crippen molar-refractivity contribution in [3.63, 3.8) is 0 Å². The molecule has 0 aromatic heterocycles. The summed E-state index contributed by atoms with van der Waals surface area (Å²) in [4.78, 5) is 8.54. The highest BCUT2D eigenvalue weighted by Gasteiger charge is 2.61. The average Bonchev–Trinajstić information content (AvgIpc) is 3.02. The van der Waals surface area contributed by atoms with Gasteiger partial charge in [-0.25, -0.2) is 0 Å². The Kier molecular flexibility index (Phi) is 3.55. The Morgan fingerprint density at radius 3 is 2.32 bits per heavy atom. The predicted molar refractivity (Wildman–Crippen MR) is 98.5 cm³/mol. The molecule has 0 spiro atoms. The van der Waals surface area contributed by atoms with Crippen molar-refractivity contribution in [3.05, 3.63) is 77.8 Å². The Hall–Kier alpha value is -2.46. The number of para-hydroxylation sites is 1. The molecule has 2 aromatic carbocycles. The highest BCUT2D eigenvalue weighted by Crippen LogP contribution is 2.56. The molecule has 0 radical (unpaired) electrons. The lowest BCUT2D eigenvalue weighted by molar-refractivity contribution is -0.228. The molecule has 0 saturated heterocycles. The molecule has 1 unspecified atom stereocenters. The van der Waals surface area contributed by atoms with E-state index in [1.54, 1.807) is 7.11 Å². The first-order valence-electron chi connectivity index (χ1n) is 8.62. The van der Waals surface area contributed by atoms with E-state index in [0.29, 0.717) is 6.61 Å². The fourth-order valence-electron chi connectivity index (χ4n) is 3.97.